The maximum atomic E-state index is 12.6. The monoisotopic (exact) mass is 355 g/mol. The molecule has 1 amide bonds. The molecule has 1 saturated heterocycles. The van der Waals surface area contributed by atoms with Crippen molar-refractivity contribution in [3.8, 4) is 0 Å². The number of piperazine rings is 1. The third-order valence-electron chi connectivity index (χ3n) is 4.09. The first-order valence-corrected chi connectivity index (χ1v) is 9.45. The molecule has 3 N–H and O–H groups in total. The van der Waals surface area contributed by atoms with Gasteiger partial charge in [-0.3, -0.25) is 4.79 Å². The van der Waals surface area contributed by atoms with Crippen LogP contribution in [0.2, 0.25) is 0 Å². The van der Waals surface area contributed by atoms with Crippen LogP contribution < -0.4 is 5.14 Å². The molecule has 1 aliphatic rings. The Labute approximate surface area is 143 Å². The van der Waals surface area contributed by atoms with E-state index in [4.69, 9.17) is 5.14 Å². The van der Waals surface area contributed by atoms with E-state index in [-0.39, 0.29) is 19.0 Å². The van der Waals surface area contributed by atoms with Gasteiger partial charge >= 0.3 is 0 Å². The Kier molecular flexibility index (Phi) is 5.64. The second-order valence-corrected chi connectivity index (χ2v) is 8.30. The summed E-state index contributed by atoms with van der Waals surface area (Å²) in [5.74, 6) is -0.117. The third kappa shape index (κ3) is 5.27. The zero-order chi connectivity index (χ0) is 18.0. The van der Waals surface area contributed by atoms with E-state index in [0.717, 1.165) is 5.56 Å². The van der Waals surface area contributed by atoms with Gasteiger partial charge in [-0.05, 0) is 44.4 Å². The maximum Gasteiger partial charge on any atom is 0.277 e. The van der Waals surface area contributed by atoms with Crippen molar-refractivity contribution in [1.29, 1.82) is 0 Å². The van der Waals surface area contributed by atoms with Gasteiger partial charge in [0.1, 0.15) is 0 Å². The van der Waals surface area contributed by atoms with Gasteiger partial charge in [0, 0.05) is 31.7 Å². The minimum atomic E-state index is -3.70. The van der Waals surface area contributed by atoms with Gasteiger partial charge in [0.15, 0.2) is 0 Å². The van der Waals surface area contributed by atoms with Gasteiger partial charge < -0.3 is 10.0 Å². The van der Waals surface area contributed by atoms with Crippen LogP contribution in [0.15, 0.2) is 24.3 Å². The van der Waals surface area contributed by atoms with Crippen molar-refractivity contribution in [2.45, 2.75) is 32.3 Å². The van der Waals surface area contributed by atoms with Gasteiger partial charge in [-0.15, -0.1) is 0 Å². The quantitative estimate of drug-likeness (QED) is 0.795. The van der Waals surface area contributed by atoms with E-state index < -0.39 is 15.8 Å². The van der Waals surface area contributed by atoms with E-state index in [2.05, 4.69) is 0 Å². The number of benzene rings is 1. The molecule has 1 fully saturated rings. The van der Waals surface area contributed by atoms with Crippen LogP contribution in [0.3, 0.4) is 0 Å². The number of hydrogen-bond acceptors (Lipinski definition) is 4. The van der Waals surface area contributed by atoms with Crippen LogP contribution in [0.25, 0.3) is 0 Å². The summed E-state index contributed by atoms with van der Waals surface area (Å²) in [7, 11) is -3.70. The first kappa shape index (κ1) is 18.9. The molecule has 1 heterocycles. The lowest BCUT2D eigenvalue weighted by atomic mass is 9.97. The summed E-state index contributed by atoms with van der Waals surface area (Å²) in [6.07, 6.45) is 1.29. The molecule has 134 valence electrons. The maximum absolute atomic E-state index is 12.6. The van der Waals surface area contributed by atoms with Gasteiger partial charge in [-0.2, -0.15) is 12.7 Å². The van der Waals surface area contributed by atoms with Crippen LogP contribution in [0, 0.1) is 0 Å². The fourth-order valence-corrected chi connectivity index (χ4v) is 3.31. The standard InChI is InChI=1S/C16H25N3O4S/c1-16(2,21)7-6-13-4-3-5-14(12-13)15(20)18-8-10-19(11-9-18)24(17,22)23/h3-5,12,21H,6-11H2,1-2H3,(H2,17,22,23). The Hall–Kier alpha value is -1.48. The van der Waals surface area contributed by atoms with Crippen molar-refractivity contribution in [3.63, 3.8) is 0 Å². The topological polar surface area (TPSA) is 104 Å². The highest BCUT2D eigenvalue weighted by Crippen LogP contribution is 2.16. The van der Waals surface area contributed by atoms with Crippen molar-refractivity contribution in [3.05, 3.63) is 35.4 Å². The minimum Gasteiger partial charge on any atom is -0.390 e. The average Bonchev–Trinajstić information content (AvgIpc) is 2.51. The summed E-state index contributed by atoms with van der Waals surface area (Å²) in [6.45, 7) is 4.58. The molecule has 2 rings (SSSR count). The lowest BCUT2D eigenvalue weighted by molar-refractivity contribution is 0.0697. The van der Waals surface area contributed by atoms with Crippen molar-refractivity contribution in [2.24, 2.45) is 5.14 Å². The number of nitrogens with two attached hydrogens (primary N) is 1. The first-order valence-electron chi connectivity index (χ1n) is 7.95. The summed E-state index contributed by atoms with van der Waals surface area (Å²) < 4.78 is 23.8. The summed E-state index contributed by atoms with van der Waals surface area (Å²) in [4.78, 5) is 14.2. The van der Waals surface area contributed by atoms with E-state index in [1.807, 2.05) is 18.2 Å². The van der Waals surface area contributed by atoms with Crippen LogP contribution in [0.1, 0.15) is 36.2 Å². The predicted octanol–water partition coefficient (Wildman–Crippen LogP) is 0.351. The van der Waals surface area contributed by atoms with Crippen LogP contribution in [-0.4, -0.2) is 60.4 Å². The molecular formula is C16H25N3O4S. The summed E-state index contributed by atoms with van der Waals surface area (Å²) in [5, 5.41) is 14.9. The van der Waals surface area contributed by atoms with Gasteiger partial charge in [0.25, 0.3) is 16.1 Å². The summed E-state index contributed by atoms with van der Waals surface area (Å²) >= 11 is 0. The molecule has 0 bridgehead atoms. The second-order valence-electron chi connectivity index (χ2n) is 6.75. The van der Waals surface area contributed by atoms with E-state index in [9.17, 15) is 18.3 Å². The van der Waals surface area contributed by atoms with Crippen LogP contribution in [0.5, 0.6) is 0 Å². The molecule has 1 aliphatic heterocycles. The van der Waals surface area contributed by atoms with Crippen LogP contribution >= 0.6 is 0 Å². The zero-order valence-corrected chi connectivity index (χ0v) is 14.9. The number of rotatable bonds is 5. The lowest BCUT2D eigenvalue weighted by Gasteiger charge is -2.33. The largest absolute Gasteiger partial charge is 0.390 e. The predicted molar refractivity (Wildman–Crippen MR) is 91.6 cm³/mol. The van der Waals surface area contributed by atoms with Crippen molar-refractivity contribution in [2.75, 3.05) is 26.2 Å². The van der Waals surface area contributed by atoms with E-state index in [1.54, 1.807) is 24.8 Å². The lowest BCUT2D eigenvalue weighted by Crippen LogP contribution is -2.52. The van der Waals surface area contributed by atoms with Crippen molar-refractivity contribution < 1.29 is 18.3 Å². The van der Waals surface area contributed by atoms with E-state index in [0.29, 0.717) is 31.5 Å². The Bertz CT molecular complexity index is 690. The van der Waals surface area contributed by atoms with Crippen molar-refractivity contribution in [1.82, 2.24) is 9.21 Å². The highest BCUT2D eigenvalue weighted by Gasteiger charge is 2.27. The van der Waals surface area contributed by atoms with E-state index >= 15 is 0 Å². The number of aryl methyl sites for hydroxylation is 1. The van der Waals surface area contributed by atoms with Crippen LogP contribution in [-0.2, 0) is 16.6 Å². The van der Waals surface area contributed by atoms with Gasteiger partial charge in [0.2, 0.25) is 0 Å². The number of aliphatic hydroxyl groups is 1. The SMILES string of the molecule is CC(C)(O)CCc1cccc(C(=O)N2CCN(S(N)(=O)=O)CC2)c1. The highest BCUT2D eigenvalue weighted by molar-refractivity contribution is 7.86. The Balaban J connectivity index is 2.00. The molecule has 1 aromatic rings. The molecule has 0 unspecified atom stereocenters. The minimum absolute atomic E-state index is 0.117. The normalized spacial score (nSPS) is 17.1. The number of carbonyl (C=O) groups is 1. The fourth-order valence-electron chi connectivity index (χ4n) is 2.64. The molecule has 0 atom stereocenters. The molecule has 0 saturated carbocycles. The highest BCUT2D eigenvalue weighted by atomic mass is 32.2. The van der Waals surface area contributed by atoms with Gasteiger partial charge in [0.05, 0.1) is 5.60 Å². The Morgan fingerprint density at radius 1 is 1.25 bits per heavy atom. The summed E-state index contributed by atoms with van der Waals surface area (Å²) in [6, 6.07) is 7.34. The molecule has 0 spiro atoms. The first-order chi connectivity index (χ1) is 11.1. The molecule has 0 aliphatic carbocycles. The third-order valence-corrected chi connectivity index (χ3v) is 5.17. The number of nitrogens with zero attached hydrogens (tertiary/aromatic N) is 2. The smallest absolute Gasteiger partial charge is 0.277 e. The zero-order valence-electron chi connectivity index (χ0n) is 14.1. The number of hydrogen-bond donors (Lipinski definition) is 2. The van der Waals surface area contributed by atoms with Gasteiger partial charge in [-0.1, -0.05) is 12.1 Å². The molecule has 8 heteroatoms. The molecule has 0 radical (unpaired) electrons. The van der Waals surface area contributed by atoms with Crippen molar-refractivity contribution >= 4 is 16.1 Å². The molecule has 0 aromatic heterocycles. The Morgan fingerprint density at radius 3 is 2.42 bits per heavy atom. The second kappa shape index (κ2) is 7.18. The molecule has 7 nitrogen and oxygen atoms in total. The molecular weight excluding hydrogens is 330 g/mol. The molecule has 24 heavy (non-hydrogen) atoms. The molecule has 1 aromatic carbocycles. The number of amides is 1. The number of carbonyl (C=O) groups excluding carboxylic acids is 1. The van der Waals surface area contributed by atoms with Crippen LogP contribution in [0.4, 0.5) is 0 Å². The van der Waals surface area contributed by atoms with Gasteiger partial charge in [-0.25, -0.2) is 5.14 Å². The fraction of sp³-hybridized carbons (Fsp3) is 0.562. The summed E-state index contributed by atoms with van der Waals surface area (Å²) in [5.41, 5.74) is 0.822. The Morgan fingerprint density at radius 2 is 1.88 bits per heavy atom. The average molecular weight is 355 g/mol. The van der Waals surface area contributed by atoms with E-state index in [1.165, 1.54) is 4.31 Å².